The third-order valence-electron chi connectivity index (χ3n) is 3.61. The van der Waals surface area contributed by atoms with Gasteiger partial charge in [-0.25, -0.2) is 0 Å². The molecular weight excluding hydrogens is 441 g/mol. The van der Waals surface area contributed by atoms with Gasteiger partial charge in [0.25, 0.3) is 0 Å². The van der Waals surface area contributed by atoms with Gasteiger partial charge < -0.3 is 0 Å². The van der Waals surface area contributed by atoms with Crippen molar-refractivity contribution in [2.45, 2.75) is 0 Å². The molecule has 0 amide bonds. The minimum absolute atomic E-state index is 0.335. The van der Waals surface area contributed by atoms with Crippen LogP contribution in [0.2, 0.25) is 0 Å². The molecule has 0 aliphatic rings. The third-order valence-corrected chi connectivity index (χ3v) is 8.03. The molecule has 2 heteroatoms. The van der Waals surface area contributed by atoms with E-state index >= 15 is 0 Å². The van der Waals surface area contributed by atoms with Crippen molar-refractivity contribution in [1.29, 1.82) is 0 Å². The summed E-state index contributed by atoms with van der Waals surface area (Å²) in [6, 6.07) is 42.7. The minimum Gasteiger partial charge on any atom is -0.0622 e. The number of hydrogen-bond donors (Lipinski definition) is 0. The SMILES string of the molecule is c1cc[c]([Sb][c]2ccccc2)cc1.c1ccc(Pc2ccccc2)cc1. The summed E-state index contributed by atoms with van der Waals surface area (Å²) < 4.78 is 3.04. The second kappa shape index (κ2) is 11.0. The summed E-state index contributed by atoms with van der Waals surface area (Å²) in [6.45, 7) is 0. The summed E-state index contributed by atoms with van der Waals surface area (Å²) in [5.41, 5.74) is 0. The molecule has 4 aromatic rings. The number of benzene rings is 4. The Bertz CT molecular complexity index is 711. The van der Waals surface area contributed by atoms with Crippen LogP contribution in [-0.4, -0.2) is 21.6 Å². The molecule has 4 aromatic carbocycles. The van der Waals surface area contributed by atoms with Crippen molar-refractivity contribution in [3.05, 3.63) is 121 Å². The molecular formula is C24H21PSb. The van der Waals surface area contributed by atoms with Crippen LogP contribution in [0.1, 0.15) is 0 Å². The van der Waals surface area contributed by atoms with Gasteiger partial charge in [-0.15, -0.1) is 0 Å². The van der Waals surface area contributed by atoms with Gasteiger partial charge in [0.15, 0.2) is 0 Å². The fraction of sp³-hybridized carbons (Fsp3) is 0. The van der Waals surface area contributed by atoms with Crippen LogP contribution in [0, 0.1) is 0 Å². The van der Waals surface area contributed by atoms with Crippen LogP contribution in [0.25, 0.3) is 0 Å². The van der Waals surface area contributed by atoms with Gasteiger partial charge in [-0.2, -0.15) is 0 Å². The van der Waals surface area contributed by atoms with Gasteiger partial charge in [-0.3, -0.25) is 0 Å². The Balaban J connectivity index is 0.000000151. The maximum Gasteiger partial charge on any atom is -0.0226 e. The van der Waals surface area contributed by atoms with Gasteiger partial charge in [0.05, 0.1) is 0 Å². The van der Waals surface area contributed by atoms with Crippen molar-refractivity contribution < 1.29 is 0 Å². The van der Waals surface area contributed by atoms with Crippen LogP contribution in [0.4, 0.5) is 0 Å². The molecule has 0 nitrogen and oxygen atoms in total. The molecule has 4 rings (SSSR count). The Labute approximate surface area is 168 Å². The first-order chi connectivity index (χ1) is 12.9. The second-order valence-electron chi connectivity index (χ2n) is 5.64. The van der Waals surface area contributed by atoms with Crippen LogP contribution in [0.3, 0.4) is 0 Å². The molecule has 1 radical (unpaired) electrons. The number of rotatable bonds is 4. The minimum atomic E-state index is -0.335. The zero-order chi connectivity index (χ0) is 17.9. The number of hydrogen-bond acceptors (Lipinski definition) is 0. The van der Waals surface area contributed by atoms with Crippen LogP contribution >= 0.6 is 8.58 Å². The molecule has 0 bridgehead atoms. The molecule has 0 fully saturated rings. The smallest absolute Gasteiger partial charge is 0.0226 e. The topological polar surface area (TPSA) is 0 Å². The van der Waals surface area contributed by atoms with E-state index in [1.54, 1.807) is 0 Å². The molecule has 0 saturated carbocycles. The van der Waals surface area contributed by atoms with E-state index in [1.165, 1.54) is 17.6 Å². The normalized spacial score (nSPS) is 9.85. The van der Waals surface area contributed by atoms with E-state index in [4.69, 9.17) is 0 Å². The molecule has 0 heterocycles. The van der Waals surface area contributed by atoms with Crippen LogP contribution in [-0.2, 0) is 0 Å². The first-order valence-corrected chi connectivity index (χ1v) is 12.1. The van der Waals surface area contributed by atoms with E-state index in [-0.39, 0.29) is 21.6 Å². The van der Waals surface area contributed by atoms with Crippen molar-refractivity contribution in [3.8, 4) is 0 Å². The monoisotopic (exact) mass is 461 g/mol. The van der Waals surface area contributed by atoms with E-state index in [0.717, 1.165) is 8.58 Å². The van der Waals surface area contributed by atoms with Crippen LogP contribution < -0.4 is 17.6 Å². The van der Waals surface area contributed by atoms with Crippen LogP contribution in [0.5, 0.6) is 0 Å². The van der Waals surface area contributed by atoms with Gasteiger partial charge in [0.2, 0.25) is 0 Å². The molecule has 0 N–H and O–H groups in total. The zero-order valence-corrected chi connectivity index (χ0v) is 18.0. The van der Waals surface area contributed by atoms with Gasteiger partial charge in [0.1, 0.15) is 0 Å². The van der Waals surface area contributed by atoms with Crippen molar-refractivity contribution in [2.24, 2.45) is 0 Å². The Morgan fingerprint density at radius 3 is 1.04 bits per heavy atom. The third kappa shape index (κ3) is 6.79. The Morgan fingerprint density at radius 2 is 0.692 bits per heavy atom. The second-order valence-corrected chi connectivity index (χ2v) is 10.6. The Hall–Kier alpha value is -1.87. The fourth-order valence-electron chi connectivity index (χ4n) is 2.36. The van der Waals surface area contributed by atoms with Crippen molar-refractivity contribution >= 4 is 47.8 Å². The van der Waals surface area contributed by atoms with Crippen molar-refractivity contribution in [2.75, 3.05) is 0 Å². The summed E-state index contributed by atoms with van der Waals surface area (Å²) >= 11 is -0.335. The zero-order valence-electron chi connectivity index (χ0n) is 14.5. The summed E-state index contributed by atoms with van der Waals surface area (Å²) in [4.78, 5) is 0. The quantitative estimate of drug-likeness (QED) is 0.321. The first-order valence-electron chi connectivity index (χ1n) is 8.59. The fourth-order valence-corrected chi connectivity index (χ4v) is 6.10. The molecule has 0 aliphatic heterocycles. The molecule has 26 heavy (non-hydrogen) atoms. The summed E-state index contributed by atoms with van der Waals surface area (Å²) in [5, 5.41) is 2.79. The van der Waals surface area contributed by atoms with E-state index in [0.29, 0.717) is 0 Å². The molecule has 127 valence electrons. The van der Waals surface area contributed by atoms with Crippen LogP contribution in [0.15, 0.2) is 121 Å². The molecule has 0 unspecified atom stereocenters. The standard InChI is InChI=1S/C12H11P.2C6H5.Sb/c1-3-7-11(8-4-1)13-12-9-5-2-6-10-12;2*1-2-4-6-5-3-1;/h1-10,13H;2*1-5H;. The summed E-state index contributed by atoms with van der Waals surface area (Å²) in [6.07, 6.45) is 0. The van der Waals surface area contributed by atoms with Gasteiger partial charge in [-0.1, -0.05) is 69.2 Å². The maximum absolute atomic E-state index is 2.23. The first kappa shape index (κ1) is 18.9. The van der Waals surface area contributed by atoms with Crippen molar-refractivity contribution in [3.63, 3.8) is 0 Å². The van der Waals surface area contributed by atoms with Gasteiger partial charge in [0, 0.05) is 0 Å². The molecule has 0 aliphatic carbocycles. The van der Waals surface area contributed by atoms with E-state index in [9.17, 15) is 0 Å². The predicted octanol–water partition coefficient (Wildman–Crippen LogP) is 3.66. The van der Waals surface area contributed by atoms with E-state index < -0.39 is 0 Å². The molecule has 0 saturated heterocycles. The van der Waals surface area contributed by atoms with Crippen molar-refractivity contribution in [1.82, 2.24) is 0 Å². The van der Waals surface area contributed by atoms with E-state index in [1.807, 2.05) is 0 Å². The molecule has 0 atom stereocenters. The average molecular weight is 462 g/mol. The Kier molecular flexibility index (Phi) is 7.98. The van der Waals surface area contributed by atoms with Gasteiger partial charge in [-0.05, 0) is 10.6 Å². The summed E-state index contributed by atoms with van der Waals surface area (Å²) in [5.74, 6) is 0. The molecule has 0 aromatic heterocycles. The maximum atomic E-state index is 2.23. The largest absolute Gasteiger partial charge is 0.0622 e. The predicted molar refractivity (Wildman–Crippen MR) is 118 cm³/mol. The summed E-state index contributed by atoms with van der Waals surface area (Å²) in [7, 11) is 0.777. The van der Waals surface area contributed by atoms with Gasteiger partial charge >= 0.3 is 89.3 Å². The van der Waals surface area contributed by atoms with E-state index in [2.05, 4.69) is 121 Å². The Morgan fingerprint density at radius 1 is 0.385 bits per heavy atom. The average Bonchev–Trinajstić information content (AvgIpc) is 2.72. The molecule has 0 spiro atoms.